The minimum atomic E-state index is -0.0971. The maximum Gasteiger partial charge on any atom is 0.263 e. The first-order valence-electron chi connectivity index (χ1n) is 12.9. The van der Waals surface area contributed by atoms with Crippen molar-refractivity contribution in [3.05, 3.63) is 71.4 Å². The van der Waals surface area contributed by atoms with E-state index in [0.717, 1.165) is 30.9 Å². The molecule has 0 aromatic heterocycles. The molecule has 1 saturated carbocycles. The molecular formula is C30H36N2O2S. The Morgan fingerprint density at radius 2 is 1.66 bits per heavy atom. The second kappa shape index (κ2) is 9.09. The summed E-state index contributed by atoms with van der Waals surface area (Å²) in [5.41, 5.74) is 4.23. The van der Waals surface area contributed by atoms with E-state index in [0.29, 0.717) is 16.5 Å². The lowest BCUT2D eigenvalue weighted by atomic mass is 9.69. The van der Waals surface area contributed by atoms with Crippen molar-refractivity contribution in [3.8, 4) is 5.75 Å². The first-order valence-corrected chi connectivity index (χ1v) is 13.3. The van der Waals surface area contributed by atoms with Crippen molar-refractivity contribution in [2.24, 2.45) is 16.7 Å². The summed E-state index contributed by atoms with van der Waals surface area (Å²) >= 11 is 6.30. The van der Waals surface area contributed by atoms with Crippen molar-refractivity contribution in [1.82, 2.24) is 4.90 Å². The highest BCUT2D eigenvalue weighted by Crippen LogP contribution is 2.68. The number of amides is 1. The zero-order valence-electron chi connectivity index (χ0n) is 21.3. The first kappa shape index (κ1) is 24.1. The van der Waals surface area contributed by atoms with Crippen LogP contribution in [0, 0.1) is 16.7 Å². The van der Waals surface area contributed by atoms with Gasteiger partial charge in [0, 0.05) is 35.3 Å². The van der Waals surface area contributed by atoms with Gasteiger partial charge in [-0.05, 0) is 79.8 Å². The highest BCUT2D eigenvalue weighted by molar-refractivity contribution is 7.81. The minimum Gasteiger partial charge on any atom is -0.497 e. The summed E-state index contributed by atoms with van der Waals surface area (Å²) in [6.45, 7) is 9.41. The van der Waals surface area contributed by atoms with Gasteiger partial charge < -0.3 is 9.64 Å². The topological polar surface area (TPSA) is 32.8 Å². The van der Waals surface area contributed by atoms with E-state index in [1.54, 1.807) is 12.0 Å². The van der Waals surface area contributed by atoms with Gasteiger partial charge in [0.15, 0.2) is 0 Å². The van der Waals surface area contributed by atoms with Gasteiger partial charge in [-0.15, -0.1) is 0 Å². The number of hydrogen-bond acceptors (Lipinski definition) is 4. The molecule has 2 aromatic rings. The number of carbonyl (C=O) groups is 1. The lowest BCUT2D eigenvalue weighted by Crippen LogP contribution is -2.42. The zero-order valence-corrected chi connectivity index (χ0v) is 22.2. The van der Waals surface area contributed by atoms with Gasteiger partial charge in [0.05, 0.1) is 12.8 Å². The SMILES string of the molecule is COc1ccc(C(=O)N(C(=S)C2=C(N3CCCCC3)C3(C)CCC2C3(C)C)c2ccccc2)cc1. The number of thiocarbonyl (C=S) groups is 1. The Labute approximate surface area is 215 Å². The largest absolute Gasteiger partial charge is 0.497 e. The van der Waals surface area contributed by atoms with Gasteiger partial charge in [0.1, 0.15) is 10.7 Å². The van der Waals surface area contributed by atoms with Crippen LogP contribution in [0.2, 0.25) is 0 Å². The Kier molecular flexibility index (Phi) is 6.25. The maximum absolute atomic E-state index is 14.0. The molecule has 184 valence electrons. The summed E-state index contributed by atoms with van der Waals surface area (Å²) in [6, 6.07) is 17.2. The number of para-hydroxylation sites is 1. The van der Waals surface area contributed by atoms with Crippen LogP contribution in [0.25, 0.3) is 0 Å². The molecule has 2 atom stereocenters. The number of rotatable bonds is 5. The zero-order chi connectivity index (χ0) is 24.8. The Morgan fingerprint density at radius 3 is 2.29 bits per heavy atom. The Hall–Kier alpha value is -2.66. The third kappa shape index (κ3) is 3.79. The number of anilines is 1. The van der Waals surface area contributed by atoms with Crippen LogP contribution in [0.15, 0.2) is 65.9 Å². The van der Waals surface area contributed by atoms with Crippen molar-refractivity contribution in [3.63, 3.8) is 0 Å². The lowest BCUT2D eigenvalue weighted by molar-refractivity contribution is 0.100. The highest BCUT2D eigenvalue weighted by Gasteiger charge is 2.63. The average Bonchev–Trinajstić information content (AvgIpc) is 3.22. The van der Waals surface area contributed by atoms with E-state index in [9.17, 15) is 4.79 Å². The second-order valence-corrected chi connectivity index (χ2v) is 11.4. The number of piperidine rings is 1. The molecule has 5 rings (SSSR count). The minimum absolute atomic E-state index is 0.0694. The summed E-state index contributed by atoms with van der Waals surface area (Å²) in [7, 11) is 1.63. The highest BCUT2D eigenvalue weighted by atomic mass is 32.1. The van der Waals surface area contributed by atoms with Gasteiger partial charge in [0.25, 0.3) is 5.91 Å². The standard InChI is InChI=1S/C30H36N2O2S/c1-29(2)24-17-18-30(29,3)26(31-19-9-6-10-20-31)25(24)28(35)32(22-11-7-5-8-12-22)27(33)21-13-15-23(34-4)16-14-21/h5,7-8,11-16,24H,6,9-10,17-20H2,1-4H3. The number of benzene rings is 2. The van der Waals surface area contributed by atoms with E-state index in [-0.39, 0.29) is 16.7 Å². The van der Waals surface area contributed by atoms with Gasteiger partial charge in [-0.2, -0.15) is 0 Å². The third-order valence-electron chi connectivity index (χ3n) is 9.01. The van der Waals surface area contributed by atoms with E-state index in [4.69, 9.17) is 17.0 Å². The summed E-state index contributed by atoms with van der Waals surface area (Å²) in [5, 5.41) is 0. The molecule has 2 aromatic carbocycles. The molecule has 35 heavy (non-hydrogen) atoms. The van der Waals surface area contributed by atoms with Gasteiger partial charge in [-0.25, -0.2) is 0 Å². The van der Waals surface area contributed by atoms with Crippen LogP contribution < -0.4 is 9.64 Å². The smallest absolute Gasteiger partial charge is 0.263 e. The van der Waals surface area contributed by atoms with Crippen LogP contribution in [-0.2, 0) is 0 Å². The van der Waals surface area contributed by atoms with Crippen molar-refractivity contribution < 1.29 is 9.53 Å². The molecule has 1 aliphatic heterocycles. The Bertz CT molecular complexity index is 1150. The fraction of sp³-hybridized carbons (Fsp3) is 0.467. The number of fused-ring (bicyclic) bond motifs is 2. The molecular weight excluding hydrogens is 452 g/mol. The van der Waals surface area contributed by atoms with E-state index < -0.39 is 0 Å². The van der Waals surface area contributed by atoms with Crippen molar-refractivity contribution >= 4 is 28.8 Å². The monoisotopic (exact) mass is 488 g/mol. The Morgan fingerprint density at radius 1 is 1.00 bits per heavy atom. The molecule has 2 unspecified atom stereocenters. The van der Waals surface area contributed by atoms with Crippen LogP contribution >= 0.6 is 12.2 Å². The average molecular weight is 489 g/mol. The Balaban J connectivity index is 1.63. The van der Waals surface area contributed by atoms with Crippen LogP contribution in [-0.4, -0.2) is 36.0 Å². The number of allylic oxidation sites excluding steroid dienone is 1. The van der Waals surface area contributed by atoms with Gasteiger partial charge in [-0.3, -0.25) is 9.69 Å². The summed E-state index contributed by atoms with van der Waals surface area (Å²) < 4.78 is 5.31. The molecule has 2 bridgehead atoms. The fourth-order valence-electron chi connectivity index (χ4n) is 6.67. The molecule has 2 fully saturated rings. The number of hydrogen-bond donors (Lipinski definition) is 0. The molecule has 4 nitrogen and oxygen atoms in total. The summed E-state index contributed by atoms with van der Waals surface area (Å²) in [5.74, 6) is 0.986. The number of ether oxygens (including phenoxy) is 1. The lowest BCUT2D eigenvalue weighted by Gasteiger charge is -2.43. The van der Waals surface area contributed by atoms with Crippen molar-refractivity contribution in [2.45, 2.75) is 52.9 Å². The quantitative estimate of drug-likeness (QED) is 0.430. The van der Waals surface area contributed by atoms with Crippen LogP contribution in [0.5, 0.6) is 5.75 Å². The van der Waals surface area contributed by atoms with Crippen LogP contribution in [0.3, 0.4) is 0 Å². The molecule has 2 aliphatic carbocycles. The molecule has 1 saturated heterocycles. The fourth-order valence-corrected chi connectivity index (χ4v) is 7.09. The van der Waals surface area contributed by atoms with Crippen LogP contribution in [0.1, 0.15) is 63.2 Å². The van der Waals surface area contributed by atoms with Gasteiger partial charge in [-0.1, -0.05) is 51.2 Å². The predicted molar refractivity (Wildman–Crippen MR) is 146 cm³/mol. The van der Waals surface area contributed by atoms with E-state index >= 15 is 0 Å². The van der Waals surface area contributed by atoms with Gasteiger partial charge in [0.2, 0.25) is 0 Å². The molecule has 0 N–H and O–H groups in total. The molecule has 3 aliphatic rings. The molecule has 0 radical (unpaired) electrons. The predicted octanol–water partition coefficient (Wildman–Crippen LogP) is 6.87. The molecule has 5 heteroatoms. The maximum atomic E-state index is 14.0. The number of likely N-dealkylation sites (tertiary alicyclic amines) is 1. The number of carbonyl (C=O) groups excluding carboxylic acids is 1. The van der Waals surface area contributed by atoms with Crippen molar-refractivity contribution in [1.29, 1.82) is 0 Å². The van der Waals surface area contributed by atoms with E-state index in [1.165, 1.54) is 37.0 Å². The molecule has 0 spiro atoms. The number of nitrogens with zero attached hydrogens (tertiary/aromatic N) is 2. The van der Waals surface area contributed by atoms with E-state index in [1.807, 2.05) is 54.6 Å². The van der Waals surface area contributed by atoms with E-state index in [2.05, 4.69) is 25.7 Å². The van der Waals surface area contributed by atoms with Gasteiger partial charge >= 0.3 is 0 Å². The molecule has 1 amide bonds. The third-order valence-corrected chi connectivity index (χ3v) is 9.42. The molecule has 1 heterocycles. The summed E-state index contributed by atoms with van der Waals surface area (Å²) in [4.78, 5) is 19.1. The first-order chi connectivity index (χ1) is 16.8. The normalized spacial score (nSPS) is 25.0. The second-order valence-electron chi connectivity index (χ2n) is 11.0. The van der Waals surface area contributed by atoms with Crippen LogP contribution in [0.4, 0.5) is 5.69 Å². The number of methoxy groups -OCH3 is 1. The summed E-state index contributed by atoms with van der Waals surface area (Å²) in [6.07, 6.45) is 6.03. The van der Waals surface area contributed by atoms with Crippen molar-refractivity contribution in [2.75, 3.05) is 25.1 Å².